The molecule has 0 unspecified atom stereocenters. The van der Waals surface area contributed by atoms with Crippen molar-refractivity contribution in [3.8, 4) is 0 Å². The number of rotatable bonds is 8. The molecule has 3 nitrogen and oxygen atoms in total. The molecule has 0 aromatic heterocycles. The van der Waals surface area contributed by atoms with Crippen molar-refractivity contribution >= 4 is 195 Å². The van der Waals surface area contributed by atoms with Gasteiger partial charge in [0.05, 0.1) is 15.8 Å². The summed E-state index contributed by atoms with van der Waals surface area (Å²) >= 11 is 4.22. The predicted molar refractivity (Wildman–Crippen MR) is 311 cm³/mol. The molecule has 0 heterocycles. The molecule has 0 aliphatic rings. The summed E-state index contributed by atoms with van der Waals surface area (Å²) in [6, 6.07) is 31.9. The van der Waals surface area contributed by atoms with Gasteiger partial charge in [-0.1, -0.05) is 136 Å². The van der Waals surface area contributed by atoms with E-state index in [0.717, 1.165) is 38.6 Å². The second kappa shape index (κ2) is 17.4. The zero-order valence-electron chi connectivity index (χ0n) is 41.4. The van der Waals surface area contributed by atoms with Crippen LogP contribution in [0.3, 0.4) is 0 Å². The minimum absolute atomic E-state index is 0.0503. The Hall–Kier alpha value is -4.15. The van der Waals surface area contributed by atoms with E-state index in [4.69, 9.17) is 0 Å². The van der Waals surface area contributed by atoms with Gasteiger partial charge in [0.15, 0.2) is 0 Å². The number of hydrogen-bond acceptors (Lipinski definition) is 3. The van der Waals surface area contributed by atoms with Crippen molar-refractivity contribution < 1.29 is 0 Å². The predicted octanol–water partition coefficient (Wildman–Crippen LogP) is -2.39. The summed E-state index contributed by atoms with van der Waals surface area (Å²) in [5.41, 5.74) is 26.2. The van der Waals surface area contributed by atoms with Gasteiger partial charge in [0.2, 0.25) is 0 Å². The highest BCUT2D eigenvalue weighted by molar-refractivity contribution is 9.10. The molecule has 6 aromatic rings. The Bertz CT molecular complexity index is 2500. The van der Waals surface area contributed by atoms with Crippen LogP contribution in [0.2, 0.25) is 0 Å². The van der Waals surface area contributed by atoms with Crippen LogP contribution in [0.1, 0.15) is 79.0 Å². The van der Waals surface area contributed by atoms with Gasteiger partial charge in [0.1, 0.15) is 78.5 Å². The Morgan fingerprint density at radius 2 is 0.774 bits per heavy atom. The maximum Gasteiger partial charge on any atom is 0.141 e. The van der Waals surface area contributed by atoms with E-state index < -0.39 is 0 Å². The first-order valence-corrected chi connectivity index (χ1v) is 23.2. The first kappa shape index (κ1) is 47.3. The van der Waals surface area contributed by atoms with Gasteiger partial charge in [0.25, 0.3) is 0 Å². The van der Waals surface area contributed by atoms with Gasteiger partial charge in [-0.2, -0.15) is 0 Å². The van der Waals surface area contributed by atoms with Crippen molar-refractivity contribution in [2.24, 2.45) is 0 Å². The average molecular weight is 869 g/mol. The molecular weight excluding hydrogens is 807 g/mol. The summed E-state index contributed by atoms with van der Waals surface area (Å²) in [4.78, 5) is 4.96. The van der Waals surface area contributed by atoms with E-state index in [9.17, 15) is 0 Å². The molecule has 0 saturated heterocycles. The summed E-state index contributed by atoms with van der Waals surface area (Å²) in [7, 11) is 22.8. The van der Waals surface area contributed by atoms with E-state index in [1.165, 1.54) is 82.7 Å². The molecule has 14 heteroatoms. The average Bonchev–Trinajstić information content (AvgIpc) is 3.21. The van der Waals surface area contributed by atoms with Crippen molar-refractivity contribution in [2.45, 2.75) is 78.6 Å². The molecule has 6 rings (SSSR count). The van der Waals surface area contributed by atoms with Crippen LogP contribution in [-0.4, -0.2) is 78.5 Å². The maximum atomic E-state index is 4.22. The Morgan fingerprint density at radius 3 is 1.15 bits per heavy atom. The van der Waals surface area contributed by atoms with Gasteiger partial charge in [0, 0.05) is 34.1 Å². The van der Waals surface area contributed by atoms with Crippen LogP contribution >= 0.6 is 15.9 Å². The first-order chi connectivity index (χ1) is 28.7. The number of hydrogen-bond donors (Lipinski definition) is 1. The minimum atomic E-state index is -0.116. The Labute approximate surface area is 392 Å². The van der Waals surface area contributed by atoms with E-state index in [0.29, 0.717) is 0 Å². The Balaban J connectivity index is 1.58. The highest BCUT2D eigenvalue weighted by atomic mass is 79.9. The maximum absolute atomic E-state index is 4.22. The second-order valence-electron chi connectivity index (χ2n) is 21.0. The molecule has 6 aromatic carbocycles. The fraction of sp³-hybridized carbons (Fsp3) is 0.250. The topological polar surface area (TPSA) is 18.5 Å². The zero-order chi connectivity index (χ0) is 46.0. The molecule has 0 radical (unpaired) electrons. The van der Waals surface area contributed by atoms with Crippen molar-refractivity contribution in [3.05, 3.63) is 106 Å². The van der Waals surface area contributed by atoms with Crippen molar-refractivity contribution in [2.75, 3.05) is 15.1 Å². The third-order valence-electron chi connectivity index (χ3n) is 13.9. The van der Waals surface area contributed by atoms with Crippen LogP contribution < -0.4 is 69.7 Å². The lowest BCUT2D eigenvalue weighted by molar-refractivity contribution is 0.589. The lowest BCUT2D eigenvalue weighted by Crippen LogP contribution is -2.59. The number of halogens is 1. The molecule has 1 N–H and O–H groups in total. The molecule has 0 bridgehead atoms. The summed E-state index contributed by atoms with van der Waals surface area (Å²) in [6.07, 6.45) is 0. The molecule has 0 fully saturated rings. The van der Waals surface area contributed by atoms with Gasteiger partial charge in [-0.25, -0.2) is 0 Å². The number of anilines is 8. The van der Waals surface area contributed by atoms with Crippen LogP contribution in [0.4, 0.5) is 45.5 Å². The third-order valence-corrected chi connectivity index (χ3v) is 14.7. The van der Waals surface area contributed by atoms with E-state index in [-0.39, 0.29) is 16.2 Å². The molecule has 0 amide bonds. The lowest BCUT2D eigenvalue weighted by Gasteiger charge is -2.36. The second-order valence-corrected chi connectivity index (χ2v) is 21.8. The molecule has 0 aliphatic heterocycles. The summed E-state index contributed by atoms with van der Waals surface area (Å²) in [5.74, 6) is 0. The monoisotopic (exact) mass is 870 g/mol. The molecule has 0 saturated carbocycles. The van der Waals surface area contributed by atoms with Gasteiger partial charge < -0.3 is 15.1 Å². The van der Waals surface area contributed by atoms with Crippen molar-refractivity contribution in [1.29, 1.82) is 0 Å². The standard InChI is InChI=1S/C48H62B10BrN3/c1-46(2,3)24-13-17-28(18-14-24)61(29-19-15-25(16-20-29)47(4,5)6)32-22-26(48(7,8)9)21-31(43(32)59)60-27-11-10-12-30(23-27)62(44-39(55)35(51)33(49)36(52)40(44)56)45-41(57)37(53)34(50)38(54)42(45)58/h10-23,60H,49-58H2,1-9H3. The van der Waals surface area contributed by atoms with Crippen LogP contribution in [-0.2, 0) is 16.2 Å². The van der Waals surface area contributed by atoms with Gasteiger partial charge in [-0.15, -0.1) is 10.9 Å². The Kier molecular flexibility index (Phi) is 13.3. The first-order valence-electron chi connectivity index (χ1n) is 22.4. The zero-order valence-corrected chi connectivity index (χ0v) is 42.9. The SMILES string of the molecule is Bc1c(B)c(B)c(N(c2cccc(Nc3cc(C(C)(C)C)cc(N(c4ccc(C(C)(C)C)cc4)c4ccc(C(C)(C)C)cc4)c3Br)c2)c2c(B)c(B)c(B)c(B)c2B)c(B)c1B. The molecule has 62 heavy (non-hydrogen) atoms. The van der Waals surface area contributed by atoms with E-state index in [2.05, 4.69) is 257 Å². The molecule has 0 aliphatic carbocycles. The van der Waals surface area contributed by atoms with E-state index in [1.54, 1.807) is 0 Å². The van der Waals surface area contributed by atoms with Crippen LogP contribution in [0.15, 0.2) is 89.4 Å². The van der Waals surface area contributed by atoms with Gasteiger partial charge in [-0.3, -0.25) is 0 Å². The summed E-state index contributed by atoms with van der Waals surface area (Å²) in [6.45, 7) is 20.6. The number of nitrogens with one attached hydrogen (secondary N) is 1. The largest absolute Gasteiger partial charge is 0.354 e. The summed E-state index contributed by atoms with van der Waals surface area (Å²) in [5, 5.41) is 3.96. The molecule has 306 valence electrons. The fourth-order valence-corrected chi connectivity index (χ4v) is 9.33. The van der Waals surface area contributed by atoms with Crippen LogP contribution in [0, 0.1) is 0 Å². The summed E-state index contributed by atoms with van der Waals surface area (Å²) < 4.78 is 1.00. The fourth-order valence-electron chi connectivity index (χ4n) is 8.82. The molecular formula is C48H62B10BrN3. The van der Waals surface area contributed by atoms with Gasteiger partial charge >= 0.3 is 0 Å². The lowest BCUT2D eigenvalue weighted by atomic mass is 9.60. The van der Waals surface area contributed by atoms with Gasteiger partial charge in [-0.05, 0) is 103 Å². The van der Waals surface area contributed by atoms with E-state index in [1.807, 2.05) is 0 Å². The smallest absolute Gasteiger partial charge is 0.141 e. The molecule has 0 spiro atoms. The highest BCUT2D eigenvalue weighted by Crippen LogP contribution is 2.46. The highest BCUT2D eigenvalue weighted by Gasteiger charge is 2.27. The van der Waals surface area contributed by atoms with Crippen molar-refractivity contribution in [3.63, 3.8) is 0 Å². The van der Waals surface area contributed by atoms with Crippen LogP contribution in [0.25, 0.3) is 0 Å². The normalized spacial score (nSPS) is 12.0. The van der Waals surface area contributed by atoms with Crippen LogP contribution in [0.5, 0.6) is 0 Å². The third kappa shape index (κ3) is 9.10. The number of benzene rings is 6. The number of nitrogens with zero attached hydrogens (tertiary/aromatic N) is 2. The Morgan fingerprint density at radius 1 is 0.403 bits per heavy atom. The quantitative estimate of drug-likeness (QED) is 0.173. The molecule has 0 atom stereocenters. The van der Waals surface area contributed by atoms with Crippen molar-refractivity contribution in [1.82, 2.24) is 0 Å². The van der Waals surface area contributed by atoms with E-state index >= 15 is 0 Å². The minimum Gasteiger partial charge on any atom is -0.354 e.